The molecule has 0 unspecified atom stereocenters. The van der Waals surface area contributed by atoms with Gasteiger partial charge in [-0.25, -0.2) is 0 Å². The molecule has 0 spiro atoms. The lowest BCUT2D eigenvalue weighted by Gasteiger charge is -2.35. The Kier molecular flexibility index (Phi) is 9.90. The molecular weight excluding hydrogens is 577 g/mol. The summed E-state index contributed by atoms with van der Waals surface area (Å²) in [7, 11) is 0. The van der Waals surface area contributed by atoms with Gasteiger partial charge >= 0.3 is 0 Å². The first-order chi connectivity index (χ1) is 19.9. The number of amides is 2. The third-order valence-electron chi connectivity index (χ3n) is 7.48. The van der Waals surface area contributed by atoms with Crippen molar-refractivity contribution >= 4 is 63.7 Å². The molecule has 2 saturated heterocycles. The second-order valence-electron chi connectivity index (χ2n) is 10.4. The molecule has 0 radical (unpaired) electrons. The lowest BCUT2D eigenvalue weighted by molar-refractivity contribution is -0.124. The molecule has 2 heterocycles. The van der Waals surface area contributed by atoms with Crippen molar-refractivity contribution in [3.63, 3.8) is 0 Å². The fourth-order valence-corrected chi connectivity index (χ4v) is 6.06. The average Bonchev–Trinajstić information content (AvgIpc) is 3.19. The fourth-order valence-electron chi connectivity index (χ4n) is 5.34. The maximum absolute atomic E-state index is 13.7. The van der Waals surface area contributed by atoms with Gasteiger partial charge in [0.05, 0.1) is 12.1 Å². The van der Waals surface area contributed by atoms with E-state index in [0.29, 0.717) is 33.1 Å². The van der Waals surface area contributed by atoms with Crippen LogP contribution >= 0.6 is 35.4 Å². The summed E-state index contributed by atoms with van der Waals surface area (Å²) >= 11 is 18.0. The van der Waals surface area contributed by atoms with Gasteiger partial charge in [0.1, 0.15) is 6.04 Å². The molecule has 2 fully saturated rings. The number of benzene rings is 3. The maximum Gasteiger partial charge on any atom is 0.256 e. The summed E-state index contributed by atoms with van der Waals surface area (Å²) in [6.07, 6.45) is 0.807. The molecule has 214 valence electrons. The lowest BCUT2D eigenvalue weighted by Crippen LogP contribution is -2.47. The van der Waals surface area contributed by atoms with Gasteiger partial charge < -0.3 is 15.1 Å². The van der Waals surface area contributed by atoms with Crippen LogP contribution in [0.5, 0.6) is 0 Å². The van der Waals surface area contributed by atoms with Gasteiger partial charge in [0.15, 0.2) is 5.11 Å². The highest BCUT2D eigenvalue weighted by Gasteiger charge is 2.44. The highest BCUT2D eigenvalue weighted by molar-refractivity contribution is 7.80. The van der Waals surface area contributed by atoms with Crippen LogP contribution in [0.3, 0.4) is 0 Å². The van der Waals surface area contributed by atoms with Gasteiger partial charge in [-0.1, -0.05) is 59.6 Å². The molecule has 5 rings (SSSR count). The summed E-state index contributed by atoms with van der Waals surface area (Å²) in [5.74, 6) is -0.487. The molecule has 7 nitrogen and oxygen atoms in total. The van der Waals surface area contributed by atoms with Crippen LogP contribution in [0.1, 0.15) is 18.4 Å². The van der Waals surface area contributed by atoms with E-state index in [1.54, 1.807) is 48.5 Å². The first-order valence-corrected chi connectivity index (χ1v) is 15.0. The van der Waals surface area contributed by atoms with Crippen molar-refractivity contribution in [3.05, 3.63) is 94.5 Å². The topological polar surface area (TPSA) is 59.1 Å². The van der Waals surface area contributed by atoms with Crippen molar-refractivity contribution in [1.82, 2.24) is 14.7 Å². The van der Waals surface area contributed by atoms with Crippen LogP contribution in [0.4, 0.5) is 11.4 Å². The van der Waals surface area contributed by atoms with Crippen molar-refractivity contribution in [2.75, 3.05) is 49.5 Å². The summed E-state index contributed by atoms with van der Waals surface area (Å²) in [5, 5.41) is 4.37. The largest absolute Gasteiger partial charge is 0.336 e. The molecule has 0 aliphatic carbocycles. The number of nitrogens with one attached hydrogen (secondary N) is 1. The lowest BCUT2D eigenvalue weighted by atomic mass is 10.1. The molecule has 1 N–H and O–H groups in total. The van der Waals surface area contributed by atoms with Crippen molar-refractivity contribution in [3.8, 4) is 0 Å². The first kappa shape index (κ1) is 29.5. The van der Waals surface area contributed by atoms with E-state index in [1.807, 2.05) is 11.0 Å². The summed E-state index contributed by atoms with van der Waals surface area (Å²) < 4.78 is 0. The van der Waals surface area contributed by atoms with Gasteiger partial charge in [-0.2, -0.15) is 0 Å². The number of nitrogens with zero attached hydrogens (tertiary/aromatic N) is 4. The number of hydrogen-bond acceptors (Lipinski definition) is 5. The minimum atomic E-state index is -0.698. The third-order valence-corrected chi connectivity index (χ3v) is 8.38. The minimum Gasteiger partial charge on any atom is -0.336 e. The van der Waals surface area contributed by atoms with E-state index in [9.17, 15) is 9.59 Å². The molecule has 2 aliphatic rings. The van der Waals surface area contributed by atoms with E-state index >= 15 is 0 Å². The van der Waals surface area contributed by atoms with Crippen LogP contribution < -0.4 is 10.2 Å². The Balaban J connectivity index is 1.20. The summed E-state index contributed by atoms with van der Waals surface area (Å²) in [4.78, 5) is 35.0. The second-order valence-corrected chi connectivity index (χ2v) is 11.6. The van der Waals surface area contributed by atoms with Crippen molar-refractivity contribution in [2.45, 2.75) is 25.4 Å². The molecule has 41 heavy (non-hydrogen) atoms. The summed E-state index contributed by atoms with van der Waals surface area (Å²) in [6, 6.07) is 23.8. The Morgan fingerprint density at radius 2 is 1.56 bits per heavy atom. The zero-order chi connectivity index (χ0) is 28.8. The normalized spacial score (nSPS) is 18.2. The molecule has 10 heteroatoms. The van der Waals surface area contributed by atoms with Crippen LogP contribution in [0, 0.1) is 0 Å². The summed E-state index contributed by atoms with van der Waals surface area (Å²) in [6.45, 7) is 6.47. The van der Waals surface area contributed by atoms with Crippen LogP contribution in [-0.4, -0.2) is 76.9 Å². The highest BCUT2D eigenvalue weighted by Crippen LogP contribution is 2.29. The number of hydrogen-bond donors (Lipinski definition) is 1. The van der Waals surface area contributed by atoms with Gasteiger partial charge in [-0.3, -0.25) is 19.4 Å². The average molecular weight is 611 g/mol. The third kappa shape index (κ3) is 7.64. The SMILES string of the molecule is O=C(C[C@@H]1C(=O)N(c2cccc(Cl)c2)C(=S)N1CCCN1CCN(Cc2ccccc2)CC1)Nc1ccc(Cl)cc1. The van der Waals surface area contributed by atoms with Crippen LogP contribution in [0.2, 0.25) is 10.0 Å². The van der Waals surface area contributed by atoms with Crippen LogP contribution in [0.15, 0.2) is 78.9 Å². The van der Waals surface area contributed by atoms with Crippen molar-refractivity contribution in [1.29, 1.82) is 0 Å². The Morgan fingerprint density at radius 3 is 2.27 bits per heavy atom. The number of halogens is 2. The molecule has 0 aromatic heterocycles. The van der Waals surface area contributed by atoms with Gasteiger partial charge in [0.25, 0.3) is 5.91 Å². The molecule has 1 atom stereocenters. The Morgan fingerprint density at radius 1 is 0.854 bits per heavy atom. The molecule has 3 aromatic carbocycles. The number of anilines is 2. The monoisotopic (exact) mass is 609 g/mol. The Bertz CT molecular complexity index is 1370. The first-order valence-electron chi connectivity index (χ1n) is 13.8. The van der Waals surface area contributed by atoms with Gasteiger partial charge in [0, 0.05) is 55.0 Å². The van der Waals surface area contributed by atoms with E-state index in [0.717, 1.165) is 45.7 Å². The molecular formula is C31H33Cl2N5O2S. The van der Waals surface area contributed by atoms with E-state index in [2.05, 4.69) is 39.4 Å². The summed E-state index contributed by atoms with van der Waals surface area (Å²) in [5.41, 5.74) is 2.56. The highest BCUT2D eigenvalue weighted by atomic mass is 35.5. The quantitative estimate of drug-likeness (QED) is 0.305. The molecule has 0 bridgehead atoms. The molecule has 2 aliphatic heterocycles. The van der Waals surface area contributed by atoms with Gasteiger partial charge in [-0.05, 0) is 73.2 Å². The van der Waals surface area contributed by atoms with E-state index in [1.165, 1.54) is 10.5 Å². The number of carbonyl (C=O) groups is 2. The molecule has 0 saturated carbocycles. The molecule has 3 aromatic rings. The number of carbonyl (C=O) groups excluding carboxylic acids is 2. The van der Waals surface area contributed by atoms with E-state index in [4.69, 9.17) is 35.4 Å². The standard InChI is InChI=1S/C31H33Cl2N5O2S/c32-24-10-12-26(13-11-24)34-29(39)21-28-30(40)38(27-9-4-8-25(33)20-27)31(41)37(28)15-5-14-35-16-18-36(19-17-35)22-23-6-2-1-3-7-23/h1-4,6-13,20,28H,5,14-19,21-22H2,(H,34,39)/t28-/m1/s1. The minimum absolute atomic E-state index is 0.0170. The van der Waals surface area contributed by atoms with E-state index in [-0.39, 0.29) is 18.2 Å². The smallest absolute Gasteiger partial charge is 0.256 e. The van der Waals surface area contributed by atoms with E-state index < -0.39 is 6.04 Å². The fraction of sp³-hybridized carbons (Fsp3) is 0.323. The number of thiocarbonyl (C=S) groups is 1. The predicted octanol–water partition coefficient (Wildman–Crippen LogP) is 5.53. The van der Waals surface area contributed by atoms with Gasteiger partial charge in [0.2, 0.25) is 5.91 Å². The van der Waals surface area contributed by atoms with Crippen molar-refractivity contribution < 1.29 is 9.59 Å². The Labute approximate surface area is 256 Å². The second kappa shape index (κ2) is 13.8. The molecule has 2 amide bonds. The number of rotatable bonds is 10. The van der Waals surface area contributed by atoms with Gasteiger partial charge in [-0.15, -0.1) is 0 Å². The maximum atomic E-state index is 13.7. The van der Waals surface area contributed by atoms with Crippen LogP contribution in [0.25, 0.3) is 0 Å². The zero-order valence-electron chi connectivity index (χ0n) is 22.7. The van der Waals surface area contributed by atoms with Crippen LogP contribution in [-0.2, 0) is 16.1 Å². The number of piperazine rings is 1. The Hall–Kier alpha value is -3.01. The van der Waals surface area contributed by atoms with Crippen molar-refractivity contribution in [2.24, 2.45) is 0 Å². The zero-order valence-corrected chi connectivity index (χ0v) is 25.0. The predicted molar refractivity (Wildman–Crippen MR) is 170 cm³/mol.